The second-order valence-corrected chi connectivity index (χ2v) is 10.2. The number of nitrogens with zero attached hydrogens (tertiary/aromatic N) is 2. The van der Waals surface area contributed by atoms with Gasteiger partial charge in [0.15, 0.2) is 5.76 Å². The van der Waals surface area contributed by atoms with Crippen LogP contribution in [-0.4, -0.2) is 26.5 Å². The van der Waals surface area contributed by atoms with Crippen LogP contribution < -0.4 is 9.62 Å². The van der Waals surface area contributed by atoms with Crippen molar-refractivity contribution < 1.29 is 17.7 Å². The molecule has 1 N–H and O–H groups in total. The molecule has 1 aromatic carbocycles. The summed E-state index contributed by atoms with van der Waals surface area (Å²) in [7, 11) is -2.12. The summed E-state index contributed by atoms with van der Waals surface area (Å²) in [6.45, 7) is 5.50. The molecule has 31 heavy (non-hydrogen) atoms. The normalized spacial score (nSPS) is 11.7. The van der Waals surface area contributed by atoms with E-state index in [-0.39, 0.29) is 10.1 Å². The third-order valence-corrected chi connectivity index (χ3v) is 8.09. The van der Waals surface area contributed by atoms with E-state index in [1.165, 1.54) is 4.31 Å². The lowest BCUT2D eigenvalue weighted by atomic mass is 10.1. The van der Waals surface area contributed by atoms with Crippen LogP contribution in [0.3, 0.4) is 0 Å². The van der Waals surface area contributed by atoms with Crippen molar-refractivity contribution in [1.29, 1.82) is 0 Å². The topological polar surface area (TPSA) is 92.5 Å². The number of aromatic nitrogens is 1. The Morgan fingerprint density at radius 1 is 1.19 bits per heavy atom. The maximum absolute atomic E-state index is 13.1. The van der Waals surface area contributed by atoms with Crippen molar-refractivity contribution >= 4 is 50.8 Å². The van der Waals surface area contributed by atoms with Crippen molar-refractivity contribution in [2.24, 2.45) is 0 Å². The molecule has 0 aliphatic rings. The Balaban J connectivity index is 1.84. The quantitative estimate of drug-likeness (QED) is 0.514. The summed E-state index contributed by atoms with van der Waals surface area (Å²) in [6.07, 6.45) is 4.49. The number of thiophene rings is 1. The standard InChI is InChI=1S/C22H25N3O4S2/c1-5-16-9-7-8-10-18(16)25(4)31(27,28)21-14-12-17(30-21)11-13-19-22(15(3)24-29-19)23-20(26)6-2/h7-14H,5-6H2,1-4H3,(H,23,26). The van der Waals surface area contributed by atoms with Crippen LogP contribution in [0.2, 0.25) is 0 Å². The molecule has 0 fully saturated rings. The van der Waals surface area contributed by atoms with Crippen molar-refractivity contribution in [3.05, 3.63) is 58.3 Å². The van der Waals surface area contributed by atoms with Gasteiger partial charge in [0.2, 0.25) is 5.91 Å². The first kappa shape index (κ1) is 22.8. The number of carbonyl (C=O) groups excluding carboxylic acids is 1. The van der Waals surface area contributed by atoms with E-state index in [0.717, 1.165) is 28.2 Å². The largest absolute Gasteiger partial charge is 0.354 e. The number of carbonyl (C=O) groups is 1. The maximum atomic E-state index is 13.1. The number of aryl methyl sites for hydroxylation is 2. The van der Waals surface area contributed by atoms with Gasteiger partial charge >= 0.3 is 0 Å². The molecule has 0 bridgehead atoms. The minimum atomic E-state index is -3.68. The highest BCUT2D eigenvalue weighted by atomic mass is 32.2. The van der Waals surface area contributed by atoms with Crippen molar-refractivity contribution in [2.75, 3.05) is 16.7 Å². The lowest BCUT2D eigenvalue weighted by molar-refractivity contribution is -0.115. The lowest BCUT2D eigenvalue weighted by Crippen LogP contribution is -2.26. The van der Waals surface area contributed by atoms with Gasteiger partial charge in [-0.3, -0.25) is 9.10 Å². The van der Waals surface area contributed by atoms with E-state index in [9.17, 15) is 13.2 Å². The van der Waals surface area contributed by atoms with E-state index in [2.05, 4.69) is 10.5 Å². The van der Waals surface area contributed by atoms with E-state index >= 15 is 0 Å². The molecule has 0 radical (unpaired) electrons. The van der Waals surface area contributed by atoms with Gasteiger partial charge in [-0.2, -0.15) is 0 Å². The van der Waals surface area contributed by atoms with E-state index in [1.54, 1.807) is 45.2 Å². The third kappa shape index (κ3) is 4.88. The first-order valence-corrected chi connectivity index (χ1v) is 12.1. The number of benzene rings is 1. The second-order valence-electron chi connectivity index (χ2n) is 6.85. The number of nitrogens with one attached hydrogen (secondary N) is 1. The lowest BCUT2D eigenvalue weighted by Gasteiger charge is -2.21. The fraction of sp³-hybridized carbons (Fsp3) is 0.273. The minimum Gasteiger partial charge on any atom is -0.354 e. The molecule has 0 spiro atoms. The van der Waals surface area contributed by atoms with Crippen molar-refractivity contribution in [2.45, 2.75) is 37.8 Å². The van der Waals surface area contributed by atoms with Crippen LogP contribution >= 0.6 is 11.3 Å². The number of hydrogen-bond donors (Lipinski definition) is 1. The molecule has 3 rings (SSSR count). The fourth-order valence-corrected chi connectivity index (χ4v) is 5.62. The number of rotatable bonds is 8. The van der Waals surface area contributed by atoms with E-state index in [4.69, 9.17) is 4.52 Å². The van der Waals surface area contributed by atoms with Crippen molar-refractivity contribution in [3.8, 4) is 0 Å². The Labute approximate surface area is 186 Å². The molecular weight excluding hydrogens is 434 g/mol. The smallest absolute Gasteiger partial charge is 0.273 e. The monoisotopic (exact) mass is 459 g/mol. The molecule has 7 nitrogen and oxygen atoms in total. The molecule has 9 heteroatoms. The highest BCUT2D eigenvalue weighted by molar-refractivity contribution is 7.94. The summed E-state index contributed by atoms with van der Waals surface area (Å²) in [4.78, 5) is 12.5. The molecule has 0 saturated carbocycles. The Morgan fingerprint density at radius 2 is 1.94 bits per heavy atom. The fourth-order valence-electron chi connectivity index (χ4n) is 2.98. The van der Waals surface area contributed by atoms with Crippen LogP contribution in [0.15, 0.2) is 45.1 Å². The van der Waals surface area contributed by atoms with Crippen LogP contribution in [0, 0.1) is 6.92 Å². The van der Waals surface area contributed by atoms with Gasteiger partial charge in [0.1, 0.15) is 15.6 Å². The molecule has 0 saturated heterocycles. The third-order valence-electron chi connectivity index (χ3n) is 4.80. The van der Waals surface area contributed by atoms with Gasteiger partial charge in [-0.05, 0) is 49.3 Å². The van der Waals surface area contributed by atoms with Crippen molar-refractivity contribution in [1.82, 2.24) is 5.16 Å². The number of amides is 1. The van der Waals surface area contributed by atoms with Gasteiger partial charge in [0, 0.05) is 18.3 Å². The zero-order valence-electron chi connectivity index (χ0n) is 17.9. The van der Waals surface area contributed by atoms with Crippen LogP contribution in [0.4, 0.5) is 11.4 Å². The zero-order valence-corrected chi connectivity index (χ0v) is 19.5. The molecule has 3 aromatic rings. The van der Waals surface area contributed by atoms with E-state index in [1.807, 2.05) is 31.2 Å². The van der Waals surface area contributed by atoms with Crippen molar-refractivity contribution in [3.63, 3.8) is 0 Å². The second kappa shape index (κ2) is 9.49. The van der Waals surface area contributed by atoms with Crippen LogP contribution in [0.25, 0.3) is 12.2 Å². The first-order valence-electron chi connectivity index (χ1n) is 9.88. The summed E-state index contributed by atoms with van der Waals surface area (Å²) in [6, 6.07) is 10.8. The van der Waals surface area contributed by atoms with Gasteiger partial charge < -0.3 is 9.84 Å². The maximum Gasteiger partial charge on any atom is 0.273 e. The highest BCUT2D eigenvalue weighted by Crippen LogP contribution is 2.31. The Kier molecular flexibility index (Phi) is 6.97. The Morgan fingerprint density at radius 3 is 2.65 bits per heavy atom. The van der Waals surface area contributed by atoms with Gasteiger partial charge in [0.05, 0.1) is 5.69 Å². The Bertz CT molecular complexity index is 1210. The van der Waals surface area contributed by atoms with Crippen LogP contribution in [0.5, 0.6) is 0 Å². The average molecular weight is 460 g/mol. The van der Waals surface area contributed by atoms with Gasteiger partial charge in [0.25, 0.3) is 10.0 Å². The molecule has 2 aromatic heterocycles. The summed E-state index contributed by atoms with van der Waals surface area (Å²) >= 11 is 1.16. The minimum absolute atomic E-state index is 0.138. The highest BCUT2D eigenvalue weighted by Gasteiger charge is 2.24. The summed E-state index contributed by atoms with van der Waals surface area (Å²) < 4.78 is 33.1. The number of para-hydroxylation sites is 1. The van der Waals surface area contributed by atoms with Crippen LogP contribution in [-0.2, 0) is 21.2 Å². The van der Waals surface area contributed by atoms with Gasteiger partial charge in [-0.15, -0.1) is 11.3 Å². The Hall–Kier alpha value is -2.91. The summed E-state index contributed by atoms with van der Waals surface area (Å²) in [5.41, 5.74) is 2.73. The molecule has 2 heterocycles. The predicted octanol–water partition coefficient (Wildman–Crippen LogP) is 4.95. The number of hydrogen-bond acceptors (Lipinski definition) is 6. The summed E-state index contributed by atoms with van der Waals surface area (Å²) in [5, 5.41) is 6.67. The summed E-state index contributed by atoms with van der Waals surface area (Å²) in [5.74, 6) is 0.270. The molecule has 1 amide bonds. The molecule has 0 aliphatic heterocycles. The zero-order chi connectivity index (χ0) is 22.6. The average Bonchev–Trinajstić information content (AvgIpc) is 3.39. The SMILES string of the molecule is CCC(=O)Nc1c(C)noc1C=Cc1ccc(S(=O)(=O)N(C)c2ccccc2CC)s1. The number of sulfonamides is 1. The molecule has 0 aliphatic carbocycles. The van der Waals surface area contributed by atoms with Crippen LogP contribution in [0.1, 0.15) is 42.2 Å². The van der Waals surface area contributed by atoms with E-state index < -0.39 is 10.0 Å². The predicted molar refractivity (Wildman–Crippen MR) is 125 cm³/mol. The molecule has 164 valence electrons. The number of anilines is 2. The van der Waals surface area contributed by atoms with Gasteiger partial charge in [-0.25, -0.2) is 8.42 Å². The van der Waals surface area contributed by atoms with E-state index in [0.29, 0.717) is 29.2 Å². The molecule has 0 atom stereocenters. The molecular formula is C22H25N3O4S2. The first-order chi connectivity index (χ1) is 14.8. The van der Waals surface area contributed by atoms with Gasteiger partial charge in [-0.1, -0.05) is 37.2 Å². The molecule has 0 unspecified atom stereocenters.